The summed E-state index contributed by atoms with van der Waals surface area (Å²) in [5.41, 5.74) is 0. The van der Waals surface area contributed by atoms with Gasteiger partial charge in [-0.25, -0.2) is 9.13 Å². The van der Waals surface area contributed by atoms with Gasteiger partial charge in [-0.3, -0.25) is 37.3 Å². The van der Waals surface area contributed by atoms with E-state index in [0.717, 1.165) is 109 Å². The van der Waals surface area contributed by atoms with Gasteiger partial charge in [-0.05, 0) is 57.3 Å². The van der Waals surface area contributed by atoms with Crippen LogP contribution in [0.4, 0.5) is 0 Å². The van der Waals surface area contributed by atoms with Crippen LogP contribution in [0.25, 0.3) is 0 Å². The normalized spacial score (nSPS) is 14.3. The SMILES string of the molecule is CCCCCC/C=C\C=C/CCCCCCCC(=O)O[C@H](COC(=O)CCCCCCCCCCCCCCC)COP(=O)(O)OC[C@@H](O)COP(=O)(O)OC[C@@H](COC(=O)CCCCCCCCCCC)OC(=O)CCCCCCCCCCCC(C)C. The van der Waals surface area contributed by atoms with E-state index in [0.29, 0.717) is 25.7 Å². The van der Waals surface area contributed by atoms with Crippen molar-refractivity contribution in [1.29, 1.82) is 0 Å². The molecule has 19 heteroatoms. The number of carbonyl (C=O) groups is 4. The molecule has 89 heavy (non-hydrogen) atoms. The van der Waals surface area contributed by atoms with Gasteiger partial charge in [-0.15, -0.1) is 0 Å². The van der Waals surface area contributed by atoms with Crippen LogP contribution in [-0.2, 0) is 65.4 Å². The molecule has 0 bridgehead atoms. The maximum atomic E-state index is 13.0. The highest BCUT2D eigenvalue weighted by Gasteiger charge is 2.30. The summed E-state index contributed by atoms with van der Waals surface area (Å²) in [5.74, 6) is -1.42. The molecule has 0 aliphatic heterocycles. The Morgan fingerprint density at radius 3 is 0.921 bits per heavy atom. The number of rotatable bonds is 68. The molecule has 0 fully saturated rings. The first-order valence-electron chi connectivity index (χ1n) is 36.0. The van der Waals surface area contributed by atoms with E-state index in [-0.39, 0.29) is 25.7 Å². The second-order valence-corrected chi connectivity index (χ2v) is 28.0. The average Bonchev–Trinajstić information content (AvgIpc) is 3.69. The van der Waals surface area contributed by atoms with Crippen LogP contribution in [0.2, 0.25) is 0 Å². The molecule has 0 saturated heterocycles. The molecule has 5 atom stereocenters. The minimum Gasteiger partial charge on any atom is -0.462 e. The third kappa shape index (κ3) is 64.1. The fraction of sp³-hybridized carbons (Fsp3) is 0.886. The molecule has 0 radical (unpaired) electrons. The third-order valence-electron chi connectivity index (χ3n) is 15.7. The van der Waals surface area contributed by atoms with Crippen molar-refractivity contribution in [3.63, 3.8) is 0 Å². The van der Waals surface area contributed by atoms with Gasteiger partial charge in [0.25, 0.3) is 0 Å². The summed E-state index contributed by atoms with van der Waals surface area (Å²) in [4.78, 5) is 72.5. The van der Waals surface area contributed by atoms with E-state index in [1.807, 2.05) is 0 Å². The van der Waals surface area contributed by atoms with Crippen LogP contribution < -0.4 is 0 Å². The predicted molar refractivity (Wildman–Crippen MR) is 358 cm³/mol. The molecule has 524 valence electrons. The molecule has 0 amide bonds. The number of hydrogen-bond acceptors (Lipinski definition) is 15. The van der Waals surface area contributed by atoms with Gasteiger partial charge >= 0.3 is 39.5 Å². The Morgan fingerprint density at radius 1 is 0.348 bits per heavy atom. The maximum Gasteiger partial charge on any atom is 0.472 e. The van der Waals surface area contributed by atoms with Gasteiger partial charge in [0.2, 0.25) is 0 Å². The van der Waals surface area contributed by atoms with E-state index in [2.05, 4.69) is 58.9 Å². The van der Waals surface area contributed by atoms with E-state index in [1.54, 1.807) is 0 Å². The molecule has 0 aliphatic carbocycles. The molecular formula is C70H132O17P2. The lowest BCUT2D eigenvalue weighted by Crippen LogP contribution is -2.30. The van der Waals surface area contributed by atoms with Crippen molar-refractivity contribution in [2.75, 3.05) is 39.6 Å². The Balaban J connectivity index is 5.28. The zero-order valence-electron chi connectivity index (χ0n) is 57.0. The van der Waals surface area contributed by atoms with Gasteiger partial charge in [0.1, 0.15) is 19.3 Å². The van der Waals surface area contributed by atoms with Crippen molar-refractivity contribution in [2.24, 2.45) is 5.92 Å². The number of phosphoric acid groups is 2. The van der Waals surface area contributed by atoms with Crippen molar-refractivity contribution in [3.8, 4) is 0 Å². The second-order valence-electron chi connectivity index (χ2n) is 25.1. The zero-order chi connectivity index (χ0) is 65.6. The van der Waals surface area contributed by atoms with Crippen LogP contribution >= 0.6 is 15.6 Å². The second kappa shape index (κ2) is 63.0. The van der Waals surface area contributed by atoms with Gasteiger partial charge in [0.15, 0.2) is 12.2 Å². The molecule has 0 aromatic rings. The number of allylic oxidation sites excluding steroid dienone is 4. The van der Waals surface area contributed by atoms with Crippen LogP contribution in [0, 0.1) is 5.92 Å². The first-order valence-corrected chi connectivity index (χ1v) is 38.9. The Kier molecular flexibility index (Phi) is 61.2. The molecule has 17 nitrogen and oxygen atoms in total. The van der Waals surface area contributed by atoms with Gasteiger partial charge in [-0.1, -0.05) is 284 Å². The third-order valence-corrected chi connectivity index (χ3v) is 17.6. The van der Waals surface area contributed by atoms with Crippen LogP contribution in [0.15, 0.2) is 24.3 Å². The van der Waals surface area contributed by atoms with E-state index >= 15 is 0 Å². The van der Waals surface area contributed by atoms with E-state index in [4.69, 9.17) is 37.0 Å². The fourth-order valence-corrected chi connectivity index (χ4v) is 11.7. The first-order chi connectivity index (χ1) is 43.0. The summed E-state index contributed by atoms with van der Waals surface area (Å²) in [5, 5.41) is 10.6. The van der Waals surface area contributed by atoms with E-state index in [9.17, 15) is 43.2 Å². The summed E-state index contributed by atoms with van der Waals surface area (Å²) < 4.78 is 68.2. The Morgan fingerprint density at radius 2 is 0.607 bits per heavy atom. The fourth-order valence-electron chi connectivity index (χ4n) is 10.1. The predicted octanol–water partition coefficient (Wildman–Crippen LogP) is 19.7. The lowest BCUT2D eigenvalue weighted by Gasteiger charge is -2.21. The number of ether oxygens (including phenoxy) is 4. The highest BCUT2D eigenvalue weighted by molar-refractivity contribution is 7.47. The molecule has 3 N–H and O–H groups in total. The number of aliphatic hydroxyl groups is 1. The Bertz CT molecular complexity index is 1810. The lowest BCUT2D eigenvalue weighted by molar-refractivity contribution is -0.161. The quantitative estimate of drug-likeness (QED) is 0.0169. The van der Waals surface area contributed by atoms with Crippen LogP contribution in [0.1, 0.15) is 336 Å². The number of unbranched alkanes of at least 4 members (excludes halogenated alkanes) is 37. The van der Waals surface area contributed by atoms with Crippen LogP contribution in [0.3, 0.4) is 0 Å². The topological polar surface area (TPSA) is 237 Å². The first kappa shape index (κ1) is 86.5. The summed E-state index contributed by atoms with van der Waals surface area (Å²) in [6.45, 7) is 7.14. The molecule has 0 aromatic carbocycles. The summed E-state index contributed by atoms with van der Waals surface area (Å²) in [7, 11) is -9.91. The van der Waals surface area contributed by atoms with Gasteiger partial charge in [0, 0.05) is 25.7 Å². The average molecular weight is 1310 g/mol. The Labute approximate surface area is 542 Å². The highest BCUT2D eigenvalue weighted by atomic mass is 31.2. The van der Waals surface area contributed by atoms with Crippen molar-refractivity contribution in [3.05, 3.63) is 24.3 Å². The molecule has 0 rings (SSSR count). The summed E-state index contributed by atoms with van der Waals surface area (Å²) >= 11 is 0. The number of hydrogen-bond donors (Lipinski definition) is 3. The smallest absolute Gasteiger partial charge is 0.462 e. The Hall–Kier alpha value is -2.46. The van der Waals surface area contributed by atoms with Crippen LogP contribution in [0.5, 0.6) is 0 Å². The molecule has 2 unspecified atom stereocenters. The minimum atomic E-state index is -4.96. The molecule has 0 heterocycles. The molecule has 0 aliphatic rings. The number of aliphatic hydroxyl groups excluding tert-OH is 1. The number of carbonyl (C=O) groups excluding carboxylic acids is 4. The molecular weight excluding hydrogens is 1170 g/mol. The van der Waals surface area contributed by atoms with Crippen molar-refractivity contribution < 1.29 is 80.2 Å². The minimum absolute atomic E-state index is 0.0854. The maximum absolute atomic E-state index is 13.0. The number of esters is 4. The molecule has 0 saturated carbocycles. The van der Waals surface area contributed by atoms with Crippen molar-refractivity contribution >= 4 is 39.5 Å². The monoisotopic (exact) mass is 1310 g/mol. The van der Waals surface area contributed by atoms with Gasteiger partial charge < -0.3 is 33.8 Å². The number of phosphoric ester groups is 2. The largest absolute Gasteiger partial charge is 0.472 e. The van der Waals surface area contributed by atoms with Gasteiger partial charge in [0.05, 0.1) is 26.4 Å². The van der Waals surface area contributed by atoms with E-state index < -0.39 is 97.5 Å². The lowest BCUT2D eigenvalue weighted by atomic mass is 10.0. The van der Waals surface area contributed by atoms with Crippen molar-refractivity contribution in [1.82, 2.24) is 0 Å². The zero-order valence-corrected chi connectivity index (χ0v) is 58.8. The highest BCUT2D eigenvalue weighted by Crippen LogP contribution is 2.45. The standard InChI is InChI=1S/C70H132O17P2/c1-6-9-12-15-18-21-23-25-26-28-30-35-40-45-50-55-69(74)86-66(60-81-68(73)54-49-44-39-34-29-27-24-22-19-16-13-10-7-2)62-85-89(78,79)83-58-64(71)57-82-88(76,77)84-61-65(59-80-67(72)53-48-43-38-32-20-17-14-11-8-3)87-70(75)56-51-46-41-36-31-33-37-42-47-52-63(4)5/h21,23,25-26,63-66,71H,6-20,22,24,27-62H2,1-5H3,(H,76,77)(H,78,79)/b23-21-,26-25-/t64-,65+,66+/m0/s1. The van der Waals surface area contributed by atoms with Crippen LogP contribution in [-0.4, -0.2) is 96.7 Å². The molecule has 0 aromatic heterocycles. The van der Waals surface area contributed by atoms with Crippen molar-refractivity contribution in [2.45, 2.75) is 355 Å². The molecule has 0 spiro atoms. The van der Waals surface area contributed by atoms with E-state index in [1.165, 1.54) is 148 Å². The van der Waals surface area contributed by atoms with Gasteiger partial charge in [-0.2, -0.15) is 0 Å². The summed E-state index contributed by atoms with van der Waals surface area (Å²) in [6, 6.07) is 0. The summed E-state index contributed by atoms with van der Waals surface area (Å²) in [6.07, 6.45) is 52.1.